The van der Waals surface area contributed by atoms with Crippen LogP contribution in [0.2, 0.25) is 0 Å². The molecule has 19 heavy (non-hydrogen) atoms. The lowest BCUT2D eigenvalue weighted by molar-refractivity contribution is -0.385. The van der Waals surface area contributed by atoms with Gasteiger partial charge in [-0.3, -0.25) is 14.8 Å². The molecule has 0 spiro atoms. The van der Waals surface area contributed by atoms with Gasteiger partial charge in [0.05, 0.1) is 24.1 Å². The smallest absolute Gasteiger partial charge is 0.307 e. The van der Waals surface area contributed by atoms with Crippen LogP contribution in [-0.2, 0) is 6.54 Å². The maximum absolute atomic E-state index is 10.5. The van der Waals surface area contributed by atoms with Crippen LogP contribution in [0.1, 0.15) is 11.1 Å². The number of aromatic nitrogens is 2. The number of benzene rings is 1. The molecule has 7 heteroatoms. The Kier molecular flexibility index (Phi) is 3.43. The number of nitro groups is 1. The molecule has 0 aliphatic carbocycles. The van der Waals surface area contributed by atoms with Gasteiger partial charge in [0.25, 0.3) is 0 Å². The zero-order valence-electron chi connectivity index (χ0n) is 10.1. The van der Waals surface area contributed by atoms with Crippen LogP contribution in [0.15, 0.2) is 30.6 Å². The summed E-state index contributed by atoms with van der Waals surface area (Å²) in [6.45, 7) is 0.354. The zero-order valence-corrected chi connectivity index (χ0v) is 10.1. The van der Waals surface area contributed by atoms with E-state index in [1.807, 2.05) is 6.07 Å². The average Bonchev–Trinajstić information content (AvgIpc) is 2.87. The second-order valence-corrected chi connectivity index (χ2v) is 3.80. The normalized spacial score (nSPS) is 9.89. The van der Waals surface area contributed by atoms with Crippen molar-refractivity contribution in [3.05, 3.63) is 51.8 Å². The molecule has 2 aromatic rings. The third kappa shape index (κ3) is 2.69. The Morgan fingerprint density at radius 3 is 2.95 bits per heavy atom. The van der Waals surface area contributed by atoms with Gasteiger partial charge in [0.2, 0.25) is 0 Å². The number of nitrogens with zero attached hydrogens (tertiary/aromatic N) is 4. The van der Waals surface area contributed by atoms with Crippen molar-refractivity contribution in [1.82, 2.24) is 9.78 Å². The number of methoxy groups -OCH3 is 1. The molecule has 7 nitrogen and oxygen atoms in total. The van der Waals surface area contributed by atoms with Crippen LogP contribution in [0.4, 0.5) is 5.69 Å². The third-order valence-electron chi connectivity index (χ3n) is 2.56. The summed E-state index contributed by atoms with van der Waals surface area (Å²) in [6, 6.07) is 7.18. The molecular weight excluding hydrogens is 248 g/mol. The molecule has 0 radical (unpaired) electrons. The van der Waals surface area contributed by atoms with Crippen LogP contribution in [0.25, 0.3) is 0 Å². The van der Waals surface area contributed by atoms with Gasteiger partial charge in [-0.05, 0) is 17.7 Å². The van der Waals surface area contributed by atoms with Gasteiger partial charge < -0.3 is 4.74 Å². The topological polar surface area (TPSA) is 94.0 Å². The summed E-state index contributed by atoms with van der Waals surface area (Å²) in [6.07, 6.45) is 2.53. The molecular formula is C12H10N4O3. The summed E-state index contributed by atoms with van der Waals surface area (Å²) < 4.78 is 6.49. The van der Waals surface area contributed by atoms with E-state index < -0.39 is 4.92 Å². The van der Waals surface area contributed by atoms with Gasteiger partial charge in [0.1, 0.15) is 24.2 Å². The van der Waals surface area contributed by atoms with E-state index in [-0.39, 0.29) is 5.69 Å². The fraction of sp³-hybridized carbons (Fsp3) is 0.167. The van der Waals surface area contributed by atoms with Gasteiger partial charge in [-0.2, -0.15) is 10.4 Å². The molecule has 0 amide bonds. The first-order valence-electron chi connectivity index (χ1n) is 5.38. The van der Waals surface area contributed by atoms with E-state index in [0.29, 0.717) is 17.9 Å². The minimum absolute atomic E-state index is 0.0611. The van der Waals surface area contributed by atoms with Crippen molar-refractivity contribution >= 4 is 5.69 Å². The molecule has 0 aliphatic rings. The van der Waals surface area contributed by atoms with Crippen molar-refractivity contribution in [2.24, 2.45) is 0 Å². The third-order valence-corrected chi connectivity index (χ3v) is 2.56. The lowest BCUT2D eigenvalue weighted by Gasteiger charge is -2.05. The van der Waals surface area contributed by atoms with Crippen LogP contribution < -0.4 is 4.74 Å². The molecule has 0 fully saturated rings. The van der Waals surface area contributed by atoms with Crippen molar-refractivity contribution in [1.29, 1.82) is 5.26 Å². The number of hydrogen-bond acceptors (Lipinski definition) is 5. The number of hydrogen-bond donors (Lipinski definition) is 0. The predicted molar refractivity (Wildman–Crippen MR) is 65.7 cm³/mol. The summed E-state index contributed by atoms with van der Waals surface area (Å²) in [5.74, 6) is 0.498. The second kappa shape index (κ2) is 5.18. The van der Waals surface area contributed by atoms with Crippen LogP contribution in [-0.4, -0.2) is 21.8 Å². The Morgan fingerprint density at radius 2 is 2.37 bits per heavy atom. The van der Waals surface area contributed by atoms with E-state index in [4.69, 9.17) is 10.00 Å². The highest BCUT2D eigenvalue weighted by molar-refractivity contribution is 5.45. The molecule has 0 saturated carbocycles. The Bertz CT molecular complexity index is 657. The summed E-state index contributed by atoms with van der Waals surface area (Å²) in [5.41, 5.74) is 1.17. The quantitative estimate of drug-likeness (QED) is 0.614. The van der Waals surface area contributed by atoms with Gasteiger partial charge in [0, 0.05) is 0 Å². The van der Waals surface area contributed by atoms with Crippen molar-refractivity contribution < 1.29 is 9.66 Å². The minimum Gasteiger partial charge on any atom is -0.495 e. The molecule has 0 unspecified atom stereocenters. The molecule has 96 valence electrons. The molecule has 1 aromatic carbocycles. The van der Waals surface area contributed by atoms with Gasteiger partial charge >= 0.3 is 5.69 Å². The first kappa shape index (κ1) is 12.6. The maximum Gasteiger partial charge on any atom is 0.307 e. The fourth-order valence-corrected chi connectivity index (χ4v) is 1.66. The van der Waals surface area contributed by atoms with E-state index in [9.17, 15) is 10.1 Å². The van der Waals surface area contributed by atoms with Crippen LogP contribution in [0.3, 0.4) is 0 Å². The van der Waals surface area contributed by atoms with Crippen molar-refractivity contribution in [3.8, 4) is 11.8 Å². The Labute approximate surface area is 108 Å². The van der Waals surface area contributed by atoms with Gasteiger partial charge in [-0.1, -0.05) is 6.07 Å². The van der Waals surface area contributed by atoms with E-state index in [0.717, 1.165) is 5.56 Å². The Balaban J connectivity index is 2.23. The second-order valence-electron chi connectivity index (χ2n) is 3.80. The number of ether oxygens (including phenoxy) is 1. The van der Waals surface area contributed by atoms with Gasteiger partial charge in [-0.25, -0.2) is 0 Å². The summed E-state index contributed by atoms with van der Waals surface area (Å²) in [4.78, 5) is 10.0. The van der Waals surface area contributed by atoms with E-state index in [2.05, 4.69) is 5.10 Å². The predicted octanol–water partition coefficient (Wildman–Crippen LogP) is 1.72. The number of nitriles is 1. The van der Waals surface area contributed by atoms with Crippen LogP contribution in [0.5, 0.6) is 5.75 Å². The molecule has 0 bridgehead atoms. The molecule has 1 heterocycles. The summed E-state index contributed by atoms with van der Waals surface area (Å²) in [7, 11) is 1.49. The van der Waals surface area contributed by atoms with E-state index >= 15 is 0 Å². The lowest BCUT2D eigenvalue weighted by atomic mass is 10.1. The molecule has 2 rings (SSSR count). The summed E-state index contributed by atoms with van der Waals surface area (Å²) >= 11 is 0. The van der Waals surface area contributed by atoms with Crippen molar-refractivity contribution in [3.63, 3.8) is 0 Å². The minimum atomic E-state index is -0.502. The fourth-order valence-electron chi connectivity index (χ4n) is 1.66. The van der Waals surface area contributed by atoms with Gasteiger partial charge in [0.15, 0.2) is 0 Å². The van der Waals surface area contributed by atoms with Crippen LogP contribution in [0, 0.1) is 21.4 Å². The molecule has 1 aromatic heterocycles. The van der Waals surface area contributed by atoms with Crippen molar-refractivity contribution in [2.75, 3.05) is 7.11 Å². The number of rotatable bonds is 4. The van der Waals surface area contributed by atoms with Crippen LogP contribution >= 0.6 is 0 Å². The van der Waals surface area contributed by atoms with E-state index in [1.54, 1.807) is 18.2 Å². The Morgan fingerprint density at radius 1 is 1.58 bits per heavy atom. The highest BCUT2D eigenvalue weighted by Gasteiger charge is 2.10. The molecule has 0 saturated heterocycles. The monoisotopic (exact) mass is 258 g/mol. The Hall–Kier alpha value is -2.88. The average molecular weight is 258 g/mol. The molecule has 0 N–H and O–H groups in total. The first-order chi connectivity index (χ1) is 9.13. The zero-order chi connectivity index (χ0) is 13.8. The standard InChI is InChI=1S/C12H10N4O3/c1-19-12-3-2-9(4-10(12)5-13)7-15-8-11(6-14-15)16(17)18/h2-4,6,8H,7H2,1H3. The highest BCUT2D eigenvalue weighted by Crippen LogP contribution is 2.19. The van der Waals surface area contributed by atoms with E-state index in [1.165, 1.54) is 24.2 Å². The molecule has 0 atom stereocenters. The van der Waals surface area contributed by atoms with Crippen molar-refractivity contribution in [2.45, 2.75) is 6.54 Å². The first-order valence-corrected chi connectivity index (χ1v) is 5.38. The summed E-state index contributed by atoms with van der Waals surface area (Å²) in [5, 5.41) is 23.4. The van der Waals surface area contributed by atoms with Gasteiger partial charge in [-0.15, -0.1) is 0 Å². The molecule has 0 aliphatic heterocycles. The highest BCUT2D eigenvalue weighted by atomic mass is 16.6. The maximum atomic E-state index is 10.5. The largest absolute Gasteiger partial charge is 0.495 e. The lowest BCUT2D eigenvalue weighted by Crippen LogP contribution is -2.01. The SMILES string of the molecule is COc1ccc(Cn2cc([N+](=O)[O-])cn2)cc1C#N.